The summed E-state index contributed by atoms with van der Waals surface area (Å²) >= 11 is 0. The molecule has 0 aliphatic heterocycles. The van der Waals surface area contributed by atoms with Crippen LogP contribution in [0.5, 0.6) is 11.5 Å². The average Bonchev–Trinajstić information content (AvgIpc) is 3.08. The van der Waals surface area contributed by atoms with Gasteiger partial charge < -0.3 is 10.1 Å². The Bertz CT molecular complexity index is 1220. The minimum atomic E-state index is -4.72. The molecule has 3 aromatic rings. The van der Waals surface area contributed by atoms with Crippen molar-refractivity contribution in [1.29, 1.82) is 0 Å². The molecule has 0 atom stereocenters. The van der Waals surface area contributed by atoms with Crippen LogP contribution in [0.1, 0.15) is 32.9 Å². The van der Waals surface area contributed by atoms with Crippen molar-refractivity contribution in [2.24, 2.45) is 7.05 Å². The van der Waals surface area contributed by atoms with Gasteiger partial charge in [0.05, 0.1) is 16.7 Å². The van der Waals surface area contributed by atoms with E-state index in [1.165, 1.54) is 19.2 Å². The smallest absolute Gasteiger partial charge is 0.435 e. The second kappa shape index (κ2) is 8.33. The molecule has 3 rings (SSSR count). The molecular weight excluding hydrogens is 429 g/mol. The van der Waals surface area contributed by atoms with Crippen molar-refractivity contribution < 1.29 is 27.6 Å². The number of rotatable bonds is 5. The Labute approximate surface area is 180 Å². The molecular formula is C21H19F3N4O4. The first-order chi connectivity index (χ1) is 14.8. The van der Waals surface area contributed by atoms with Crippen molar-refractivity contribution >= 4 is 17.3 Å². The molecule has 2 aromatic carbocycles. The van der Waals surface area contributed by atoms with Crippen LogP contribution in [0.4, 0.5) is 24.5 Å². The number of nitro groups is 1. The molecule has 1 heterocycles. The van der Waals surface area contributed by atoms with Crippen molar-refractivity contribution in [2.75, 3.05) is 5.32 Å². The third kappa shape index (κ3) is 4.88. The Kier molecular flexibility index (Phi) is 5.93. The number of non-ortho nitro benzene ring substituents is 1. The van der Waals surface area contributed by atoms with Crippen LogP contribution in [-0.4, -0.2) is 20.6 Å². The van der Waals surface area contributed by atoms with Gasteiger partial charge in [-0.1, -0.05) is 6.07 Å². The summed E-state index contributed by atoms with van der Waals surface area (Å²) in [6.07, 6.45) is -4.72. The third-order valence-corrected chi connectivity index (χ3v) is 4.75. The number of ether oxygens (including phenoxy) is 1. The van der Waals surface area contributed by atoms with Crippen LogP contribution < -0.4 is 10.1 Å². The topological polar surface area (TPSA) is 99.3 Å². The second-order valence-electron chi connectivity index (χ2n) is 7.27. The van der Waals surface area contributed by atoms with Crippen LogP contribution in [0, 0.1) is 30.9 Å². The maximum atomic E-state index is 12.9. The van der Waals surface area contributed by atoms with Gasteiger partial charge in [0.15, 0.2) is 5.69 Å². The molecule has 0 unspecified atom stereocenters. The number of carbonyl (C=O) groups is 1. The molecule has 0 aliphatic rings. The standard InChI is InChI=1S/C21H19F3N4O4/c1-11-5-12(2)13(3)18(6-11)32-16-8-14(7-15(9-16)28(30)31)25-20(29)17-10-19(21(22,23)24)26-27(17)4/h5-10H,1-4H3,(H,25,29). The van der Waals surface area contributed by atoms with Gasteiger partial charge in [-0.3, -0.25) is 19.6 Å². The van der Waals surface area contributed by atoms with E-state index in [-0.39, 0.29) is 22.8 Å². The number of amides is 1. The first-order valence-corrected chi connectivity index (χ1v) is 9.33. The number of nitro benzene ring substituents is 1. The number of benzene rings is 2. The number of alkyl halides is 3. The summed E-state index contributed by atoms with van der Waals surface area (Å²) in [5.74, 6) is -0.338. The summed E-state index contributed by atoms with van der Waals surface area (Å²) in [5.41, 5.74) is 0.767. The quantitative estimate of drug-likeness (QED) is 0.421. The normalized spacial score (nSPS) is 11.3. The van der Waals surface area contributed by atoms with Crippen LogP contribution in [-0.2, 0) is 13.2 Å². The van der Waals surface area contributed by atoms with E-state index >= 15 is 0 Å². The minimum Gasteiger partial charge on any atom is -0.457 e. The third-order valence-electron chi connectivity index (χ3n) is 4.75. The zero-order valence-electron chi connectivity index (χ0n) is 17.6. The van der Waals surface area contributed by atoms with Gasteiger partial charge in [0.1, 0.15) is 17.2 Å². The van der Waals surface area contributed by atoms with E-state index in [4.69, 9.17) is 4.74 Å². The fourth-order valence-corrected chi connectivity index (χ4v) is 3.07. The fourth-order valence-electron chi connectivity index (χ4n) is 3.07. The molecule has 0 bridgehead atoms. The molecule has 0 saturated heterocycles. The molecule has 0 fully saturated rings. The van der Waals surface area contributed by atoms with E-state index < -0.39 is 22.7 Å². The summed E-state index contributed by atoms with van der Waals surface area (Å²) in [7, 11) is 1.19. The number of aryl methyl sites for hydroxylation is 3. The molecule has 11 heteroatoms. The minimum absolute atomic E-state index is 0.0176. The van der Waals surface area contributed by atoms with Gasteiger partial charge in [-0.2, -0.15) is 18.3 Å². The second-order valence-corrected chi connectivity index (χ2v) is 7.27. The lowest BCUT2D eigenvalue weighted by atomic mass is 10.1. The van der Waals surface area contributed by atoms with Gasteiger partial charge in [-0.15, -0.1) is 0 Å². The Morgan fingerprint density at radius 2 is 1.81 bits per heavy atom. The molecule has 0 aliphatic carbocycles. The van der Waals surface area contributed by atoms with Gasteiger partial charge in [0.25, 0.3) is 11.6 Å². The highest BCUT2D eigenvalue weighted by Gasteiger charge is 2.35. The van der Waals surface area contributed by atoms with Crippen LogP contribution in [0.3, 0.4) is 0 Å². The van der Waals surface area contributed by atoms with Gasteiger partial charge in [0.2, 0.25) is 0 Å². The lowest BCUT2D eigenvalue weighted by molar-refractivity contribution is -0.384. The number of nitrogens with zero attached hydrogens (tertiary/aromatic N) is 3. The van der Waals surface area contributed by atoms with E-state index in [0.717, 1.165) is 27.4 Å². The predicted molar refractivity (Wildman–Crippen MR) is 110 cm³/mol. The maximum absolute atomic E-state index is 12.9. The van der Waals surface area contributed by atoms with Crippen molar-refractivity contribution in [2.45, 2.75) is 26.9 Å². The number of halogens is 3. The number of hydrogen-bond acceptors (Lipinski definition) is 5. The summed E-state index contributed by atoms with van der Waals surface area (Å²) < 4.78 is 45.2. The molecule has 1 N–H and O–H groups in total. The summed E-state index contributed by atoms with van der Waals surface area (Å²) in [6.45, 7) is 5.61. The number of hydrogen-bond donors (Lipinski definition) is 1. The molecule has 0 spiro atoms. The van der Waals surface area contributed by atoms with E-state index in [0.29, 0.717) is 11.8 Å². The van der Waals surface area contributed by atoms with Crippen LogP contribution in [0.25, 0.3) is 0 Å². The SMILES string of the molecule is Cc1cc(C)c(C)c(Oc2cc(NC(=O)c3cc(C(F)(F)F)nn3C)cc([N+](=O)[O-])c2)c1. The number of nitrogens with one attached hydrogen (secondary N) is 1. The van der Waals surface area contributed by atoms with E-state index in [9.17, 15) is 28.1 Å². The monoisotopic (exact) mass is 448 g/mol. The number of aromatic nitrogens is 2. The average molecular weight is 448 g/mol. The van der Waals surface area contributed by atoms with Crippen LogP contribution in [0.15, 0.2) is 36.4 Å². The first kappa shape index (κ1) is 22.8. The largest absolute Gasteiger partial charge is 0.457 e. The predicted octanol–water partition coefficient (Wildman–Crippen LogP) is 5.32. The molecule has 0 radical (unpaired) electrons. The molecule has 1 amide bonds. The van der Waals surface area contributed by atoms with Gasteiger partial charge in [-0.25, -0.2) is 0 Å². The van der Waals surface area contributed by atoms with E-state index in [1.807, 2.05) is 26.8 Å². The summed E-state index contributed by atoms with van der Waals surface area (Å²) in [5, 5.41) is 17.0. The van der Waals surface area contributed by atoms with Gasteiger partial charge in [0, 0.05) is 25.2 Å². The number of carbonyl (C=O) groups excluding carboxylic acids is 1. The van der Waals surface area contributed by atoms with Crippen molar-refractivity contribution in [3.05, 3.63) is 74.6 Å². The van der Waals surface area contributed by atoms with E-state index in [2.05, 4.69) is 10.4 Å². The van der Waals surface area contributed by atoms with Gasteiger partial charge in [-0.05, 0) is 43.5 Å². The van der Waals surface area contributed by atoms with Gasteiger partial charge >= 0.3 is 6.18 Å². The van der Waals surface area contributed by atoms with Crippen molar-refractivity contribution in [1.82, 2.24) is 9.78 Å². The summed E-state index contributed by atoms with van der Waals surface area (Å²) in [4.78, 5) is 23.2. The van der Waals surface area contributed by atoms with Crippen LogP contribution >= 0.6 is 0 Å². The molecule has 32 heavy (non-hydrogen) atoms. The highest BCUT2D eigenvalue weighted by molar-refractivity contribution is 6.03. The summed E-state index contributed by atoms with van der Waals surface area (Å²) in [6, 6.07) is 7.96. The highest BCUT2D eigenvalue weighted by Crippen LogP contribution is 2.33. The molecule has 1 aromatic heterocycles. The lowest BCUT2D eigenvalue weighted by Crippen LogP contribution is -2.16. The molecule has 8 nitrogen and oxygen atoms in total. The Morgan fingerprint density at radius 3 is 2.41 bits per heavy atom. The zero-order valence-corrected chi connectivity index (χ0v) is 17.6. The van der Waals surface area contributed by atoms with Crippen LogP contribution in [0.2, 0.25) is 0 Å². The Hall–Kier alpha value is -3.89. The molecule has 168 valence electrons. The Morgan fingerprint density at radius 1 is 1.12 bits per heavy atom. The maximum Gasteiger partial charge on any atom is 0.435 e. The Balaban J connectivity index is 1.94. The fraction of sp³-hybridized carbons (Fsp3) is 0.238. The number of anilines is 1. The van der Waals surface area contributed by atoms with E-state index in [1.54, 1.807) is 6.07 Å². The first-order valence-electron chi connectivity index (χ1n) is 9.33. The lowest BCUT2D eigenvalue weighted by Gasteiger charge is -2.13. The van der Waals surface area contributed by atoms with Crippen molar-refractivity contribution in [3.8, 4) is 11.5 Å². The highest BCUT2D eigenvalue weighted by atomic mass is 19.4. The molecule has 0 saturated carbocycles. The van der Waals surface area contributed by atoms with Crippen molar-refractivity contribution in [3.63, 3.8) is 0 Å². The zero-order chi connectivity index (χ0) is 23.8.